The van der Waals surface area contributed by atoms with E-state index >= 15 is 0 Å². The number of hydrogen-bond donors (Lipinski definition) is 3. The van der Waals surface area contributed by atoms with Crippen LogP contribution in [0.25, 0.3) is 0 Å². The summed E-state index contributed by atoms with van der Waals surface area (Å²) >= 11 is 3.12. The fraction of sp³-hybridized carbons (Fsp3) is 0.400. The standard InChI is InChI=1S/C10H13BrN2O4/c11-5-4-8(14)10(15)6-2-1-3-7(12)9(6)13(16)17/h1-3,8,10,14-15H,4-5,12H2. The van der Waals surface area contributed by atoms with Crippen molar-refractivity contribution in [3.63, 3.8) is 0 Å². The summed E-state index contributed by atoms with van der Waals surface area (Å²) in [4.78, 5) is 10.2. The van der Waals surface area contributed by atoms with Gasteiger partial charge in [-0.2, -0.15) is 0 Å². The van der Waals surface area contributed by atoms with Crippen LogP contribution < -0.4 is 5.73 Å². The molecule has 0 radical (unpaired) electrons. The summed E-state index contributed by atoms with van der Waals surface area (Å²) < 4.78 is 0. The molecule has 1 rings (SSSR count). The number of aliphatic hydroxyl groups excluding tert-OH is 2. The van der Waals surface area contributed by atoms with E-state index in [1.807, 2.05) is 0 Å². The molecule has 0 aliphatic heterocycles. The lowest BCUT2D eigenvalue weighted by molar-refractivity contribution is -0.385. The van der Waals surface area contributed by atoms with E-state index < -0.39 is 17.1 Å². The molecule has 4 N–H and O–H groups in total. The molecule has 0 fully saturated rings. The maximum Gasteiger partial charge on any atom is 0.297 e. The minimum absolute atomic E-state index is 0.0300. The molecule has 0 amide bonds. The van der Waals surface area contributed by atoms with Crippen LogP contribution in [0.2, 0.25) is 0 Å². The van der Waals surface area contributed by atoms with Crippen molar-refractivity contribution in [3.05, 3.63) is 33.9 Å². The minimum atomic E-state index is -1.32. The van der Waals surface area contributed by atoms with Crippen LogP contribution in [0.5, 0.6) is 0 Å². The van der Waals surface area contributed by atoms with E-state index in [4.69, 9.17) is 5.73 Å². The zero-order valence-electron chi connectivity index (χ0n) is 8.91. The van der Waals surface area contributed by atoms with Crippen molar-refractivity contribution in [1.82, 2.24) is 0 Å². The van der Waals surface area contributed by atoms with Crippen molar-refractivity contribution in [2.45, 2.75) is 18.6 Å². The van der Waals surface area contributed by atoms with Gasteiger partial charge in [0.1, 0.15) is 11.8 Å². The van der Waals surface area contributed by atoms with Gasteiger partial charge in [-0.1, -0.05) is 22.0 Å². The van der Waals surface area contributed by atoms with Crippen molar-refractivity contribution >= 4 is 27.3 Å². The van der Waals surface area contributed by atoms with E-state index in [1.54, 1.807) is 0 Å². The molecule has 7 heteroatoms. The van der Waals surface area contributed by atoms with E-state index in [0.29, 0.717) is 5.33 Å². The van der Waals surface area contributed by atoms with E-state index in [2.05, 4.69) is 15.9 Å². The van der Waals surface area contributed by atoms with Gasteiger partial charge < -0.3 is 15.9 Å². The molecule has 6 nitrogen and oxygen atoms in total. The Morgan fingerprint density at radius 1 is 1.47 bits per heavy atom. The maximum atomic E-state index is 10.9. The third-order valence-corrected chi connectivity index (χ3v) is 2.83. The highest BCUT2D eigenvalue weighted by atomic mass is 79.9. The summed E-state index contributed by atoms with van der Waals surface area (Å²) in [6.07, 6.45) is -2.11. The number of para-hydroxylation sites is 1. The van der Waals surface area contributed by atoms with Gasteiger partial charge in [-0.15, -0.1) is 0 Å². The van der Waals surface area contributed by atoms with Crippen LogP contribution in [0, 0.1) is 10.1 Å². The second kappa shape index (κ2) is 5.95. The number of nitrogens with zero attached hydrogens (tertiary/aromatic N) is 1. The predicted molar refractivity (Wildman–Crippen MR) is 66.9 cm³/mol. The molecule has 94 valence electrons. The Hall–Kier alpha value is -1.18. The number of anilines is 1. The zero-order chi connectivity index (χ0) is 13.0. The van der Waals surface area contributed by atoms with Gasteiger partial charge >= 0.3 is 0 Å². The summed E-state index contributed by atoms with van der Waals surface area (Å²) in [6.45, 7) is 0. The Kier molecular flexibility index (Phi) is 4.86. The monoisotopic (exact) mass is 304 g/mol. The number of hydrogen-bond acceptors (Lipinski definition) is 5. The molecule has 0 aromatic heterocycles. The average Bonchev–Trinajstić information content (AvgIpc) is 2.27. The van der Waals surface area contributed by atoms with Crippen LogP contribution in [0.3, 0.4) is 0 Å². The highest BCUT2D eigenvalue weighted by molar-refractivity contribution is 9.09. The third kappa shape index (κ3) is 3.15. The van der Waals surface area contributed by atoms with Crippen molar-refractivity contribution in [1.29, 1.82) is 0 Å². The number of nitrogens with two attached hydrogens (primary N) is 1. The first-order valence-electron chi connectivity index (χ1n) is 4.94. The van der Waals surface area contributed by atoms with E-state index in [1.165, 1.54) is 18.2 Å². The SMILES string of the molecule is Nc1cccc(C(O)C(O)CCBr)c1[N+](=O)[O-]. The Labute approximate surface area is 106 Å². The van der Waals surface area contributed by atoms with Crippen LogP contribution in [-0.4, -0.2) is 26.6 Å². The van der Waals surface area contributed by atoms with Gasteiger partial charge in [-0.25, -0.2) is 0 Å². The summed E-state index contributed by atoms with van der Waals surface area (Å²) in [7, 11) is 0. The van der Waals surface area contributed by atoms with Crippen molar-refractivity contribution in [2.24, 2.45) is 0 Å². The van der Waals surface area contributed by atoms with Gasteiger partial charge in [0.05, 0.1) is 16.6 Å². The highest BCUT2D eigenvalue weighted by Gasteiger charge is 2.27. The normalized spacial score (nSPS) is 14.3. The van der Waals surface area contributed by atoms with Crippen LogP contribution in [0.4, 0.5) is 11.4 Å². The molecule has 0 bridgehead atoms. The molecule has 2 unspecified atom stereocenters. The van der Waals surface area contributed by atoms with Gasteiger partial charge in [0.2, 0.25) is 0 Å². The maximum absolute atomic E-state index is 10.9. The molecule has 0 aliphatic carbocycles. The van der Waals surface area contributed by atoms with Gasteiger partial charge in [0.25, 0.3) is 5.69 Å². The second-order valence-corrected chi connectivity index (χ2v) is 4.33. The lowest BCUT2D eigenvalue weighted by Crippen LogP contribution is -2.20. The van der Waals surface area contributed by atoms with Gasteiger partial charge in [0.15, 0.2) is 0 Å². The molecule has 0 heterocycles. The van der Waals surface area contributed by atoms with E-state index in [-0.39, 0.29) is 23.4 Å². The van der Waals surface area contributed by atoms with Crippen LogP contribution in [-0.2, 0) is 0 Å². The first kappa shape index (κ1) is 13.9. The third-order valence-electron chi connectivity index (χ3n) is 2.37. The number of alkyl halides is 1. The summed E-state index contributed by atoms with van der Waals surface area (Å²) in [5.74, 6) is 0. The number of benzene rings is 1. The van der Waals surface area contributed by atoms with Crippen LogP contribution >= 0.6 is 15.9 Å². The number of rotatable bonds is 5. The van der Waals surface area contributed by atoms with Gasteiger partial charge in [-0.3, -0.25) is 10.1 Å². The number of nitro benzene ring substituents is 1. The molecule has 2 atom stereocenters. The Morgan fingerprint density at radius 2 is 2.12 bits per heavy atom. The van der Waals surface area contributed by atoms with Gasteiger partial charge in [0, 0.05) is 5.33 Å². The van der Waals surface area contributed by atoms with Crippen LogP contribution in [0.15, 0.2) is 18.2 Å². The van der Waals surface area contributed by atoms with Crippen molar-refractivity contribution in [3.8, 4) is 0 Å². The lowest BCUT2D eigenvalue weighted by atomic mass is 10.00. The molecule has 17 heavy (non-hydrogen) atoms. The Bertz CT molecular complexity index is 413. The molecule has 1 aromatic carbocycles. The fourth-order valence-corrected chi connectivity index (χ4v) is 1.98. The summed E-state index contributed by atoms with van der Waals surface area (Å²) in [5.41, 5.74) is 5.14. The van der Waals surface area contributed by atoms with Crippen molar-refractivity contribution < 1.29 is 15.1 Å². The number of aliphatic hydroxyl groups is 2. The first-order chi connectivity index (χ1) is 7.99. The predicted octanol–water partition coefficient (Wildman–Crippen LogP) is 1.36. The van der Waals surface area contributed by atoms with Gasteiger partial charge in [-0.05, 0) is 18.6 Å². The highest BCUT2D eigenvalue weighted by Crippen LogP contribution is 2.32. The van der Waals surface area contributed by atoms with Crippen molar-refractivity contribution in [2.75, 3.05) is 11.1 Å². The molecule has 0 saturated carbocycles. The molecular weight excluding hydrogens is 292 g/mol. The molecule has 0 saturated heterocycles. The topological polar surface area (TPSA) is 110 Å². The van der Waals surface area contributed by atoms with Crippen LogP contribution in [0.1, 0.15) is 18.1 Å². The largest absolute Gasteiger partial charge is 0.393 e. The van der Waals surface area contributed by atoms with E-state index in [0.717, 1.165) is 0 Å². The Balaban J connectivity index is 3.13. The zero-order valence-corrected chi connectivity index (χ0v) is 10.5. The molecule has 1 aromatic rings. The molecule has 0 aliphatic rings. The summed E-state index contributed by atoms with van der Waals surface area (Å²) in [5, 5.41) is 30.8. The number of halogens is 1. The number of nitrogen functional groups attached to an aromatic ring is 1. The molecule has 0 spiro atoms. The summed E-state index contributed by atoms with van der Waals surface area (Å²) in [6, 6.07) is 4.27. The lowest BCUT2D eigenvalue weighted by Gasteiger charge is -2.17. The van der Waals surface area contributed by atoms with E-state index in [9.17, 15) is 20.3 Å². The average molecular weight is 305 g/mol. The fourth-order valence-electron chi connectivity index (χ4n) is 1.51. The Morgan fingerprint density at radius 3 is 2.65 bits per heavy atom. The first-order valence-corrected chi connectivity index (χ1v) is 6.06. The quantitative estimate of drug-likeness (QED) is 0.329. The molecular formula is C10H13BrN2O4. The minimum Gasteiger partial charge on any atom is -0.393 e. The smallest absolute Gasteiger partial charge is 0.297 e. The second-order valence-electron chi connectivity index (χ2n) is 3.53. The number of nitro groups is 1.